The van der Waals surface area contributed by atoms with Gasteiger partial charge in [0.15, 0.2) is 0 Å². The predicted octanol–water partition coefficient (Wildman–Crippen LogP) is 2.54. The Morgan fingerprint density at radius 3 is 2.92 bits per heavy atom. The van der Waals surface area contributed by atoms with Crippen LogP contribution in [0.3, 0.4) is 0 Å². The number of likely N-dealkylation sites (tertiary alicyclic amines) is 1. The largest absolute Gasteiger partial charge is 0.465 e. The van der Waals surface area contributed by atoms with E-state index in [9.17, 15) is 4.79 Å². The molecule has 0 spiro atoms. The van der Waals surface area contributed by atoms with E-state index in [1.807, 2.05) is 0 Å². The van der Waals surface area contributed by atoms with Gasteiger partial charge < -0.3 is 10.0 Å². The molecule has 1 saturated heterocycles. The zero-order chi connectivity index (χ0) is 9.68. The van der Waals surface area contributed by atoms with Gasteiger partial charge >= 0.3 is 6.09 Å². The van der Waals surface area contributed by atoms with Crippen LogP contribution in [0.2, 0.25) is 0 Å². The fraction of sp³-hybridized carbons (Fsp3) is 0.889. The molecule has 1 unspecified atom stereocenters. The van der Waals surface area contributed by atoms with Gasteiger partial charge in [0.25, 0.3) is 0 Å². The Balaban J connectivity index is 2.41. The minimum absolute atomic E-state index is 0.213. The van der Waals surface area contributed by atoms with E-state index < -0.39 is 6.09 Å². The lowest BCUT2D eigenvalue weighted by molar-refractivity contribution is 0.103. The van der Waals surface area contributed by atoms with Crippen molar-refractivity contribution in [2.45, 2.75) is 38.1 Å². The van der Waals surface area contributed by atoms with E-state index in [4.69, 9.17) is 16.7 Å². The van der Waals surface area contributed by atoms with Crippen molar-refractivity contribution >= 4 is 17.7 Å². The van der Waals surface area contributed by atoms with E-state index in [0.717, 1.165) is 32.1 Å². The first-order chi connectivity index (χ1) is 6.25. The molecule has 0 aromatic heterocycles. The van der Waals surface area contributed by atoms with Gasteiger partial charge in [-0.3, -0.25) is 0 Å². The molecule has 1 N–H and O–H groups in total. The van der Waals surface area contributed by atoms with Crippen molar-refractivity contribution in [2.24, 2.45) is 0 Å². The van der Waals surface area contributed by atoms with E-state index in [2.05, 4.69) is 0 Å². The smallest absolute Gasteiger partial charge is 0.407 e. The lowest BCUT2D eigenvalue weighted by Crippen LogP contribution is -2.42. The third-order valence-corrected chi connectivity index (χ3v) is 2.81. The maximum Gasteiger partial charge on any atom is 0.407 e. The fourth-order valence-electron chi connectivity index (χ4n) is 1.87. The Morgan fingerprint density at radius 1 is 1.54 bits per heavy atom. The second-order valence-corrected chi connectivity index (χ2v) is 3.83. The molecule has 3 nitrogen and oxygen atoms in total. The highest BCUT2D eigenvalue weighted by molar-refractivity contribution is 6.17. The van der Waals surface area contributed by atoms with Crippen LogP contribution in [-0.2, 0) is 0 Å². The first kappa shape index (κ1) is 10.6. The second-order valence-electron chi connectivity index (χ2n) is 3.46. The summed E-state index contributed by atoms with van der Waals surface area (Å²) in [6, 6.07) is 0.213. The molecule has 1 aliphatic heterocycles. The quantitative estimate of drug-likeness (QED) is 0.720. The van der Waals surface area contributed by atoms with Crippen molar-refractivity contribution in [3.8, 4) is 0 Å². The van der Waals surface area contributed by atoms with Crippen molar-refractivity contribution in [1.29, 1.82) is 0 Å². The van der Waals surface area contributed by atoms with Gasteiger partial charge in [-0.25, -0.2) is 4.79 Å². The molecule has 1 heterocycles. The van der Waals surface area contributed by atoms with Gasteiger partial charge in [0.1, 0.15) is 0 Å². The van der Waals surface area contributed by atoms with E-state index >= 15 is 0 Å². The van der Waals surface area contributed by atoms with Gasteiger partial charge in [0.05, 0.1) is 0 Å². The Morgan fingerprint density at radius 2 is 2.31 bits per heavy atom. The fourth-order valence-corrected chi connectivity index (χ4v) is 2.02. The number of amides is 1. The third kappa shape index (κ3) is 3.07. The van der Waals surface area contributed by atoms with Gasteiger partial charge in [-0.2, -0.15) is 0 Å². The molecule has 1 fully saturated rings. The molecule has 13 heavy (non-hydrogen) atoms. The van der Waals surface area contributed by atoms with Gasteiger partial charge in [-0.05, 0) is 32.1 Å². The standard InChI is InChI=1S/C9H16ClNO2/c10-6-3-5-8-4-1-2-7-11(8)9(12)13/h8H,1-7H2,(H,12,13). The van der Waals surface area contributed by atoms with Crippen molar-refractivity contribution in [2.75, 3.05) is 12.4 Å². The molecular formula is C9H16ClNO2. The van der Waals surface area contributed by atoms with Gasteiger partial charge in [-0.1, -0.05) is 0 Å². The molecule has 1 atom stereocenters. The van der Waals surface area contributed by atoms with Gasteiger partial charge in [0, 0.05) is 18.5 Å². The molecule has 0 aromatic rings. The number of carbonyl (C=O) groups is 1. The van der Waals surface area contributed by atoms with Crippen LogP contribution in [0.15, 0.2) is 0 Å². The summed E-state index contributed by atoms with van der Waals surface area (Å²) in [5, 5.41) is 8.90. The minimum Gasteiger partial charge on any atom is -0.465 e. The number of nitrogens with zero attached hydrogens (tertiary/aromatic N) is 1. The average Bonchev–Trinajstić information content (AvgIpc) is 2.15. The van der Waals surface area contributed by atoms with Crippen LogP contribution in [0.5, 0.6) is 0 Å². The van der Waals surface area contributed by atoms with Crippen LogP contribution in [0, 0.1) is 0 Å². The summed E-state index contributed by atoms with van der Waals surface area (Å²) in [6.45, 7) is 0.697. The minimum atomic E-state index is -0.778. The summed E-state index contributed by atoms with van der Waals surface area (Å²) in [6.07, 6.45) is 4.20. The van der Waals surface area contributed by atoms with Gasteiger partial charge in [-0.15, -0.1) is 11.6 Å². The lowest BCUT2D eigenvalue weighted by atomic mass is 9.99. The summed E-state index contributed by atoms with van der Waals surface area (Å²) in [5.74, 6) is 0.629. The van der Waals surface area contributed by atoms with Crippen LogP contribution in [0.4, 0.5) is 4.79 Å². The first-order valence-corrected chi connectivity index (χ1v) is 5.34. The normalized spacial score (nSPS) is 23.2. The van der Waals surface area contributed by atoms with Crippen molar-refractivity contribution in [1.82, 2.24) is 4.90 Å². The van der Waals surface area contributed by atoms with Crippen LogP contribution in [-0.4, -0.2) is 34.6 Å². The molecule has 4 heteroatoms. The van der Waals surface area contributed by atoms with Crippen molar-refractivity contribution in [3.05, 3.63) is 0 Å². The molecule has 1 rings (SSSR count). The summed E-state index contributed by atoms with van der Waals surface area (Å²) in [4.78, 5) is 12.4. The SMILES string of the molecule is O=C(O)N1CCCCC1CCCCl. The van der Waals surface area contributed by atoms with Crippen molar-refractivity contribution in [3.63, 3.8) is 0 Å². The molecule has 0 radical (unpaired) electrons. The molecular weight excluding hydrogens is 190 g/mol. The van der Waals surface area contributed by atoms with E-state index in [0.29, 0.717) is 12.4 Å². The van der Waals surface area contributed by atoms with E-state index in [1.165, 1.54) is 0 Å². The monoisotopic (exact) mass is 205 g/mol. The highest BCUT2D eigenvalue weighted by Crippen LogP contribution is 2.20. The van der Waals surface area contributed by atoms with Crippen LogP contribution >= 0.6 is 11.6 Å². The van der Waals surface area contributed by atoms with E-state index in [-0.39, 0.29) is 6.04 Å². The summed E-state index contributed by atoms with van der Waals surface area (Å²) < 4.78 is 0. The van der Waals surface area contributed by atoms with Crippen LogP contribution in [0.25, 0.3) is 0 Å². The number of hydrogen-bond acceptors (Lipinski definition) is 1. The maximum absolute atomic E-state index is 10.8. The molecule has 0 aliphatic carbocycles. The van der Waals surface area contributed by atoms with Crippen molar-refractivity contribution < 1.29 is 9.90 Å². The van der Waals surface area contributed by atoms with Crippen LogP contribution in [0.1, 0.15) is 32.1 Å². The number of carboxylic acid groups (broad SMARTS) is 1. The Kier molecular flexibility index (Phi) is 4.36. The molecule has 76 valence electrons. The highest BCUT2D eigenvalue weighted by atomic mass is 35.5. The number of alkyl halides is 1. The zero-order valence-electron chi connectivity index (χ0n) is 7.71. The molecule has 1 amide bonds. The molecule has 1 aliphatic rings. The number of halogens is 1. The number of hydrogen-bond donors (Lipinski definition) is 1. The Labute approximate surface area is 83.7 Å². The molecule has 0 aromatic carbocycles. The first-order valence-electron chi connectivity index (χ1n) is 4.81. The topological polar surface area (TPSA) is 40.5 Å². The predicted molar refractivity (Wildman–Crippen MR) is 52.3 cm³/mol. The summed E-state index contributed by atoms with van der Waals surface area (Å²) >= 11 is 5.58. The summed E-state index contributed by atoms with van der Waals surface area (Å²) in [5.41, 5.74) is 0. The summed E-state index contributed by atoms with van der Waals surface area (Å²) in [7, 11) is 0. The van der Waals surface area contributed by atoms with Gasteiger partial charge in [0.2, 0.25) is 0 Å². The number of rotatable bonds is 3. The van der Waals surface area contributed by atoms with E-state index in [1.54, 1.807) is 4.90 Å². The Hall–Kier alpha value is -0.440. The number of piperidine rings is 1. The molecule has 0 bridgehead atoms. The zero-order valence-corrected chi connectivity index (χ0v) is 8.46. The van der Waals surface area contributed by atoms with Crippen LogP contribution < -0.4 is 0 Å². The highest BCUT2D eigenvalue weighted by Gasteiger charge is 2.25. The average molecular weight is 206 g/mol. The third-order valence-electron chi connectivity index (χ3n) is 2.54. The maximum atomic E-state index is 10.8. The molecule has 0 saturated carbocycles. The second kappa shape index (κ2) is 5.32. The Bertz CT molecular complexity index is 175. The lowest BCUT2D eigenvalue weighted by Gasteiger charge is -2.33.